The quantitative estimate of drug-likeness (QED) is 0.267. The maximum absolute atomic E-state index is 12.5. The molecule has 1 aromatic carbocycles. The molecule has 0 bridgehead atoms. The summed E-state index contributed by atoms with van der Waals surface area (Å²) in [5, 5.41) is 4.58. The van der Waals surface area contributed by atoms with Gasteiger partial charge in [-0.25, -0.2) is 0 Å². The Morgan fingerprint density at radius 1 is 1.11 bits per heavy atom. The minimum Gasteiger partial charge on any atom is -0.379 e. The SMILES string of the molecule is CN(C=O)CCn1cc(-c2cnc3ccc(OS(=O)(=O)C(F)(F)F)cc3c2)cn1.COC(C)(C)C. The highest BCUT2D eigenvalue weighted by molar-refractivity contribution is 7.88. The average Bonchev–Trinajstić information content (AvgIpc) is 3.25. The number of hydrogen-bond acceptors (Lipinski definition) is 7. The van der Waals surface area contributed by atoms with Gasteiger partial charge >= 0.3 is 15.6 Å². The van der Waals surface area contributed by atoms with Crippen LogP contribution in [0.3, 0.4) is 0 Å². The molecule has 0 aliphatic carbocycles. The number of hydrogen-bond donors (Lipinski definition) is 0. The zero-order valence-electron chi connectivity index (χ0n) is 19.9. The van der Waals surface area contributed by atoms with Gasteiger partial charge in [-0.3, -0.25) is 14.5 Å². The van der Waals surface area contributed by atoms with E-state index in [0.717, 1.165) is 6.07 Å². The Kier molecular flexibility index (Phi) is 8.84. The van der Waals surface area contributed by atoms with Gasteiger partial charge in [0.15, 0.2) is 0 Å². The van der Waals surface area contributed by atoms with Crippen LogP contribution in [0.2, 0.25) is 0 Å². The van der Waals surface area contributed by atoms with E-state index in [1.54, 1.807) is 43.5 Å². The van der Waals surface area contributed by atoms with E-state index in [9.17, 15) is 26.4 Å². The molecule has 9 nitrogen and oxygen atoms in total. The Hall–Kier alpha value is -3.19. The van der Waals surface area contributed by atoms with Crippen LogP contribution in [0, 0.1) is 0 Å². The number of methoxy groups -OCH3 is 1. The van der Waals surface area contributed by atoms with Crippen LogP contribution < -0.4 is 4.18 Å². The first-order valence-corrected chi connectivity index (χ1v) is 11.7. The molecule has 0 fully saturated rings. The molecule has 13 heteroatoms. The highest BCUT2D eigenvalue weighted by Gasteiger charge is 2.48. The molecule has 0 aliphatic rings. The number of nitrogens with zero attached hydrogens (tertiary/aromatic N) is 4. The van der Waals surface area contributed by atoms with Crippen LogP contribution in [0.15, 0.2) is 42.9 Å². The van der Waals surface area contributed by atoms with Gasteiger partial charge in [0.1, 0.15) is 5.75 Å². The van der Waals surface area contributed by atoms with Crippen LogP contribution in [0.1, 0.15) is 20.8 Å². The third-order valence-corrected chi connectivity index (χ3v) is 5.56. The maximum atomic E-state index is 12.5. The number of aromatic nitrogens is 3. The summed E-state index contributed by atoms with van der Waals surface area (Å²) in [6.45, 7) is 7.01. The lowest BCUT2D eigenvalue weighted by Crippen LogP contribution is -2.28. The fourth-order valence-electron chi connectivity index (χ4n) is 2.44. The van der Waals surface area contributed by atoms with E-state index in [0.29, 0.717) is 41.5 Å². The standard InChI is InChI=1S/C17H15F3N4O4S.C5H12O/c1-23(11-25)4-5-24-10-14(9-22-24)13-6-12-7-15(2-3-16(12)21-8-13)28-29(26,27)17(18,19)20;1-5(2,3)6-4/h2-3,6-11H,4-5H2,1H3;1-4H3. The number of benzene rings is 1. The van der Waals surface area contributed by atoms with Crippen LogP contribution in [-0.4, -0.2) is 66.3 Å². The Morgan fingerprint density at radius 2 is 1.77 bits per heavy atom. The molecule has 0 saturated heterocycles. The van der Waals surface area contributed by atoms with E-state index in [1.807, 2.05) is 20.8 Å². The molecule has 0 spiro atoms. The fraction of sp³-hybridized carbons (Fsp3) is 0.409. The second-order valence-electron chi connectivity index (χ2n) is 8.46. The zero-order chi connectivity index (χ0) is 26.4. The van der Waals surface area contributed by atoms with E-state index in [1.165, 1.54) is 17.0 Å². The molecule has 0 aliphatic heterocycles. The van der Waals surface area contributed by atoms with E-state index >= 15 is 0 Å². The Bertz CT molecular complexity index is 1250. The van der Waals surface area contributed by atoms with Gasteiger partial charge in [0, 0.05) is 49.6 Å². The summed E-state index contributed by atoms with van der Waals surface area (Å²) in [5.41, 5.74) is -3.70. The summed E-state index contributed by atoms with van der Waals surface area (Å²) >= 11 is 0. The molecule has 3 aromatic rings. The van der Waals surface area contributed by atoms with Crippen molar-refractivity contribution in [3.05, 3.63) is 42.9 Å². The number of carbonyl (C=O) groups is 1. The molecule has 2 heterocycles. The zero-order valence-corrected chi connectivity index (χ0v) is 20.7. The van der Waals surface area contributed by atoms with Crippen LogP contribution in [0.25, 0.3) is 22.0 Å². The highest BCUT2D eigenvalue weighted by Crippen LogP contribution is 2.30. The second-order valence-corrected chi connectivity index (χ2v) is 9.99. The third kappa shape index (κ3) is 8.21. The first kappa shape index (κ1) is 28.1. The molecule has 1 amide bonds. The molecule has 3 rings (SSSR count). The van der Waals surface area contributed by atoms with Gasteiger partial charge < -0.3 is 13.8 Å². The summed E-state index contributed by atoms with van der Waals surface area (Å²) in [6.07, 6.45) is 5.58. The van der Waals surface area contributed by atoms with Gasteiger partial charge in [0.25, 0.3) is 0 Å². The molecule has 35 heavy (non-hydrogen) atoms. The molecular weight excluding hydrogens is 489 g/mol. The number of halogens is 3. The third-order valence-electron chi connectivity index (χ3n) is 4.58. The van der Waals surface area contributed by atoms with E-state index in [-0.39, 0.29) is 5.60 Å². The first-order chi connectivity index (χ1) is 16.1. The van der Waals surface area contributed by atoms with Gasteiger partial charge in [-0.2, -0.15) is 26.7 Å². The predicted molar refractivity (Wildman–Crippen MR) is 124 cm³/mol. The molecule has 0 atom stereocenters. The summed E-state index contributed by atoms with van der Waals surface area (Å²) in [6, 6.07) is 5.26. The van der Waals surface area contributed by atoms with Crippen LogP contribution in [-0.2, 0) is 26.2 Å². The van der Waals surface area contributed by atoms with Crippen LogP contribution in [0.5, 0.6) is 5.75 Å². The predicted octanol–water partition coefficient (Wildman–Crippen LogP) is 3.85. The Balaban J connectivity index is 0.000000641. The van der Waals surface area contributed by atoms with Crippen molar-refractivity contribution >= 4 is 27.4 Å². The lowest BCUT2D eigenvalue weighted by molar-refractivity contribution is -0.117. The number of amides is 1. The molecule has 0 N–H and O–H groups in total. The lowest BCUT2D eigenvalue weighted by Gasteiger charge is -2.14. The van der Waals surface area contributed by atoms with E-state index < -0.39 is 21.4 Å². The molecular formula is C22H27F3N4O5S. The molecule has 2 aromatic heterocycles. The smallest absolute Gasteiger partial charge is 0.379 e. The summed E-state index contributed by atoms with van der Waals surface area (Å²) < 4.78 is 70.6. The molecule has 0 saturated carbocycles. The number of rotatable bonds is 7. The van der Waals surface area contributed by atoms with Crippen molar-refractivity contribution in [2.75, 3.05) is 20.7 Å². The van der Waals surface area contributed by atoms with Gasteiger partial charge in [-0.05, 0) is 45.0 Å². The molecule has 0 radical (unpaired) electrons. The molecule has 0 unspecified atom stereocenters. The second kappa shape index (κ2) is 11.0. The van der Waals surface area contributed by atoms with Crippen molar-refractivity contribution in [3.63, 3.8) is 0 Å². The number of carbonyl (C=O) groups excluding carboxylic acids is 1. The number of pyridine rings is 1. The highest BCUT2D eigenvalue weighted by atomic mass is 32.2. The molecule has 192 valence electrons. The van der Waals surface area contributed by atoms with Gasteiger partial charge in [0.05, 0.1) is 23.9 Å². The monoisotopic (exact) mass is 516 g/mol. The topological polar surface area (TPSA) is 104 Å². The van der Waals surface area contributed by atoms with Crippen molar-refractivity contribution in [2.24, 2.45) is 0 Å². The first-order valence-electron chi connectivity index (χ1n) is 10.3. The largest absolute Gasteiger partial charge is 0.534 e. The van der Waals surface area contributed by atoms with E-state index in [4.69, 9.17) is 4.74 Å². The number of likely N-dealkylation sites (N-methyl/N-ethyl adjacent to an activating group) is 1. The van der Waals surface area contributed by atoms with Crippen molar-refractivity contribution in [3.8, 4) is 16.9 Å². The van der Waals surface area contributed by atoms with Crippen molar-refractivity contribution in [2.45, 2.75) is 38.4 Å². The average molecular weight is 517 g/mol. The van der Waals surface area contributed by atoms with Gasteiger partial charge in [0.2, 0.25) is 6.41 Å². The summed E-state index contributed by atoms with van der Waals surface area (Å²) in [4.78, 5) is 16.3. The number of fused-ring (bicyclic) bond motifs is 1. The summed E-state index contributed by atoms with van der Waals surface area (Å²) in [5.74, 6) is -0.471. The lowest BCUT2D eigenvalue weighted by atomic mass is 10.1. The van der Waals surface area contributed by atoms with Gasteiger partial charge in [-0.15, -0.1) is 0 Å². The number of alkyl halides is 3. The van der Waals surface area contributed by atoms with Crippen molar-refractivity contribution in [1.29, 1.82) is 0 Å². The van der Waals surface area contributed by atoms with Crippen molar-refractivity contribution < 1.29 is 35.3 Å². The number of ether oxygens (including phenoxy) is 1. The Morgan fingerprint density at radius 3 is 2.34 bits per heavy atom. The van der Waals surface area contributed by atoms with Crippen molar-refractivity contribution in [1.82, 2.24) is 19.7 Å². The van der Waals surface area contributed by atoms with E-state index in [2.05, 4.69) is 14.3 Å². The Labute approximate surface area is 201 Å². The minimum absolute atomic E-state index is 0.0417. The maximum Gasteiger partial charge on any atom is 0.534 e. The fourth-order valence-corrected chi connectivity index (χ4v) is 2.89. The van der Waals surface area contributed by atoms with Crippen LogP contribution in [0.4, 0.5) is 13.2 Å². The van der Waals surface area contributed by atoms with Crippen LogP contribution >= 0.6 is 0 Å². The normalized spacial score (nSPS) is 12.1. The van der Waals surface area contributed by atoms with Gasteiger partial charge in [-0.1, -0.05) is 0 Å². The summed E-state index contributed by atoms with van der Waals surface area (Å²) in [7, 11) is -2.41. The minimum atomic E-state index is -5.76.